The van der Waals surface area contributed by atoms with Gasteiger partial charge in [-0.3, -0.25) is 0 Å². The van der Waals surface area contributed by atoms with Crippen LogP contribution in [0.25, 0.3) is 0 Å². The van der Waals surface area contributed by atoms with Crippen LogP contribution in [0.5, 0.6) is 0 Å². The van der Waals surface area contributed by atoms with Crippen LogP contribution >= 0.6 is 0 Å². The van der Waals surface area contributed by atoms with E-state index < -0.39 is 14.4 Å². The van der Waals surface area contributed by atoms with Gasteiger partial charge < -0.3 is 14.4 Å². The first kappa shape index (κ1) is 12.9. The molecule has 0 aromatic rings. The Balaban J connectivity index is 1.89. The molecule has 1 saturated heterocycles. The molecule has 0 aromatic heterocycles. The Labute approximate surface area is 104 Å². The summed E-state index contributed by atoms with van der Waals surface area (Å²) < 4.78 is 6.33. The normalized spacial score (nSPS) is 32.5. The lowest BCUT2D eigenvalue weighted by Crippen LogP contribution is -2.43. The van der Waals surface area contributed by atoms with Crippen molar-refractivity contribution in [1.82, 2.24) is 4.90 Å². The van der Waals surface area contributed by atoms with E-state index in [1.807, 2.05) is 0 Å². The minimum absolute atomic E-state index is 0.233. The predicted octanol–water partition coefficient (Wildman–Crippen LogP) is 2.62. The molecule has 3 atom stereocenters. The number of fused-ring (bicyclic) bond motifs is 1. The number of hydrogen-bond acceptors (Lipinski definition) is 2. The van der Waals surface area contributed by atoms with Crippen molar-refractivity contribution in [3.05, 3.63) is 0 Å². The number of rotatable bonds is 2. The van der Waals surface area contributed by atoms with E-state index in [0.717, 1.165) is 0 Å². The monoisotopic (exact) mass is 257 g/mol. The van der Waals surface area contributed by atoms with E-state index >= 15 is 0 Å². The van der Waals surface area contributed by atoms with E-state index in [-0.39, 0.29) is 5.04 Å². The largest absolute Gasteiger partial charge is 0.465 e. The molecule has 4 nitrogen and oxygen atoms in total. The van der Waals surface area contributed by atoms with Crippen LogP contribution in [-0.2, 0) is 4.43 Å². The fourth-order valence-corrected chi connectivity index (χ4v) is 3.70. The molecule has 1 saturated carbocycles. The van der Waals surface area contributed by atoms with E-state index in [1.54, 1.807) is 0 Å². The van der Waals surface area contributed by atoms with Gasteiger partial charge in [-0.1, -0.05) is 20.8 Å². The Morgan fingerprint density at radius 1 is 1.29 bits per heavy atom. The predicted molar refractivity (Wildman–Crippen MR) is 68.6 cm³/mol. The molecule has 2 rings (SSSR count). The second kappa shape index (κ2) is 3.72. The lowest BCUT2D eigenvalue weighted by atomic mass is 10.2. The number of carbonyl (C=O) groups is 1. The van der Waals surface area contributed by atoms with Crippen LogP contribution in [0, 0.1) is 11.8 Å². The molecule has 1 aliphatic heterocycles. The Hall–Kier alpha value is -0.553. The molecule has 1 unspecified atom stereocenters. The molecular weight excluding hydrogens is 234 g/mol. The molecule has 5 heteroatoms. The zero-order valence-electron chi connectivity index (χ0n) is 11.4. The smallest absolute Gasteiger partial charge is 0.407 e. The molecule has 0 spiro atoms. The van der Waals surface area contributed by atoms with E-state index in [2.05, 4.69) is 33.9 Å². The summed E-state index contributed by atoms with van der Waals surface area (Å²) in [7, 11) is -1.69. The Bertz CT molecular complexity index is 325. The summed E-state index contributed by atoms with van der Waals surface area (Å²) in [4.78, 5) is 12.3. The molecule has 0 aromatic carbocycles. The van der Waals surface area contributed by atoms with Crippen molar-refractivity contribution in [2.75, 3.05) is 13.1 Å². The highest BCUT2D eigenvalue weighted by atomic mass is 28.4. The maximum absolute atomic E-state index is 10.8. The van der Waals surface area contributed by atoms with Gasteiger partial charge in [0.25, 0.3) is 0 Å². The van der Waals surface area contributed by atoms with Gasteiger partial charge in [-0.25, -0.2) is 4.79 Å². The minimum atomic E-state index is -1.69. The molecule has 1 amide bonds. The van der Waals surface area contributed by atoms with Gasteiger partial charge in [-0.05, 0) is 18.1 Å². The average molecular weight is 257 g/mol. The lowest BCUT2D eigenvalue weighted by Gasteiger charge is -2.37. The molecule has 2 aliphatic rings. The van der Waals surface area contributed by atoms with Crippen LogP contribution in [0.4, 0.5) is 4.79 Å². The molecule has 0 radical (unpaired) electrons. The first-order valence-corrected chi connectivity index (χ1v) is 9.20. The number of likely N-dealkylation sites (tertiary alicyclic amines) is 1. The van der Waals surface area contributed by atoms with Crippen LogP contribution in [-0.4, -0.2) is 43.6 Å². The van der Waals surface area contributed by atoms with E-state index in [1.165, 1.54) is 4.90 Å². The number of amides is 1. The number of hydrogen-bond donors (Lipinski definition) is 1. The molecule has 98 valence electrons. The molecular formula is C12H23NO3Si. The van der Waals surface area contributed by atoms with Crippen molar-refractivity contribution in [2.24, 2.45) is 11.8 Å². The van der Waals surface area contributed by atoms with E-state index in [0.29, 0.717) is 31.0 Å². The quantitative estimate of drug-likeness (QED) is 0.774. The molecule has 1 aliphatic carbocycles. The van der Waals surface area contributed by atoms with Gasteiger partial charge in [0, 0.05) is 24.9 Å². The molecule has 1 N–H and O–H groups in total. The Kier molecular flexibility index (Phi) is 2.82. The van der Waals surface area contributed by atoms with Gasteiger partial charge in [0.05, 0.1) is 6.10 Å². The topological polar surface area (TPSA) is 49.8 Å². The van der Waals surface area contributed by atoms with E-state index in [4.69, 9.17) is 9.53 Å². The van der Waals surface area contributed by atoms with Crippen LogP contribution in [0.15, 0.2) is 0 Å². The summed E-state index contributed by atoms with van der Waals surface area (Å²) in [6.45, 7) is 12.6. The third kappa shape index (κ3) is 2.22. The summed E-state index contributed by atoms with van der Waals surface area (Å²) in [5.74, 6) is 0.917. The first-order valence-electron chi connectivity index (χ1n) is 6.29. The zero-order chi connectivity index (χ0) is 13.0. The van der Waals surface area contributed by atoms with Gasteiger partial charge in [0.1, 0.15) is 0 Å². The molecule has 17 heavy (non-hydrogen) atoms. The van der Waals surface area contributed by atoms with Crippen molar-refractivity contribution in [3.63, 3.8) is 0 Å². The van der Waals surface area contributed by atoms with Crippen LogP contribution in [0.1, 0.15) is 20.8 Å². The van der Waals surface area contributed by atoms with Crippen LogP contribution in [0.3, 0.4) is 0 Å². The maximum atomic E-state index is 10.8. The van der Waals surface area contributed by atoms with Crippen molar-refractivity contribution >= 4 is 14.4 Å². The third-order valence-electron chi connectivity index (χ3n) is 4.62. The van der Waals surface area contributed by atoms with Crippen molar-refractivity contribution < 1.29 is 14.3 Å². The second-order valence-corrected chi connectivity index (χ2v) is 11.6. The van der Waals surface area contributed by atoms with Gasteiger partial charge >= 0.3 is 6.09 Å². The Morgan fingerprint density at radius 3 is 2.12 bits per heavy atom. The van der Waals surface area contributed by atoms with Crippen molar-refractivity contribution in [2.45, 2.75) is 45.0 Å². The highest BCUT2D eigenvalue weighted by Crippen LogP contribution is 2.51. The summed E-state index contributed by atoms with van der Waals surface area (Å²) >= 11 is 0. The SMILES string of the molecule is CC(C)(C)[Si](C)(C)OC1[C@H]2CN(C(=O)O)C[C@@H]12. The van der Waals surface area contributed by atoms with Gasteiger partial charge in [-0.15, -0.1) is 0 Å². The fraction of sp³-hybridized carbons (Fsp3) is 0.917. The number of nitrogens with zero attached hydrogens (tertiary/aromatic N) is 1. The summed E-state index contributed by atoms with van der Waals surface area (Å²) in [6.07, 6.45) is -0.463. The number of piperidine rings is 1. The van der Waals surface area contributed by atoms with Gasteiger partial charge in [-0.2, -0.15) is 0 Å². The second-order valence-electron chi connectivity index (χ2n) is 6.86. The van der Waals surface area contributed by atoms with Gasteiger partial charge in [0.15, 0.2) is 8.32 Å². The van der Waals surface area contributed by atoms with Crippen LogP contribution in [0.2, 0.25) is 18.1 Å². The third-order valence-corrected chi connectivity index (χ3v) is 9.10. The summed E-state index contributed by atoms with van der Waals surface area (Å²) in [6, 6.07) is 0. The summed E-state index contributed by atoms with van der Waals surface area (Å²) in [5, 5.41) is 9.13. The van der Waals surface area contributed by atoms with E-state index in [9.17, 15) is 4.79 Å². The summed E-state index contributed by atoms with van der Waals surface area (Å²) in [5.41, 5.74) is 0. The van der Waals surface area contributed by atoms with Crippen molar-refractivity contribution in [3.8, 4) is 0 Å². The average Bonchev–Trinajstić information content (AvgIpc) is 2.58. The maximum Gasteiger partial charge on any atom is 0.407 e. The minimum Gasteiger partial charge on any atom is -0.465 e. The highest BCUT2D eigenvalue weighted by Gasteiger charge is 2.60. The lowest BCUT2D eigenvalue weighted by molar-refractivity contribution is 0.138. The zero-order valence-corrected chi connectivity index (χ0v) is 12.4. The molecule has 2 fully saturated rings. The number of carboxylic acid groups (broad SMARTS) is 1. The molecule has 0 bridgehead atoms. The standard InChI is InChI=1S/C12H23NO3Si/c1-12(2,3)17(4,5)16-10-8-6-13(11(14)15)7-9(8)10/h8-10H,6-7H2,1-5H3,(H,14,15)/t8-,9+,10?. The van der Waals surface area contributed by atoms with Crippen LogP contribution < -0.4 is 0 Å². The first-order chi connectivity index (χ1) is 7.63. The fourth-order valence-electron chi connectivity index (χ4n) is 2.32. The van der Waals surface area contributed by atoms with Crippen molar-refractivity contribution in [1.29, 1.82) is 0 Å². The van der Waals surface area contributed by atoms with Gasteiger partial charge in [0.2, 0.25) is 0 Å². The Morgan fingerprint density at radius 2 is 1.76 bits per heavy atom. The molecule has 1 heterocycles. The highest BCUT2D eigenvalue weighted by molar-refractivity contribution is 6.74.